The van der Waals surface area contributed by atoms with Crippen LogP contribution in [0.4, 0.5) is 0 Å². The minimum absolute atomic E-state index is 0.0821. The Hall–Kier alpha value is -2.33. The third-order valence-corrected chi connectivity index (χ3v) is 3.41. The molecule has 4 nitrogen and oxygen atoms in total. The van der Waals surface area contributed by atoms with Crippen LogP contribution in [0, 0.1) is 0 Å². The molecule has 0 saturated heterocycles. The highest BCUT2D eigenvalue weighted by Crippen LogP contribution is 2.16. The SMILES string of the molecule is COc1ccc(C(=O)C(Cl)C(=O)OCc2ccccc2)cc1. The van der Waals surface area contributed by atoms with Gasteiger partial charge in [0.05, 0.1) is 7.11 Å². The zero-order valence-corrected chi connectivity index (χ0v) is 12.7. The van der Waals surface area contributed by atoms with Crippen molar-refractivity contribution in [2.45, 2.75) is 12.0 Å². The number of Topliss-reactive ketones (excluding diaryl/α,β-unsaturated/α-hetero) is 1. The Kier molecular flexibility index (Phi) is 5.55. The fourth-order valence-corrected chi connectivity index (χ4v) is 2.00. The van der Waals surface area contributed by atoms with Gasteiger partial charge in [0.15, 0.2) is 11.2 Å². The number of hydrogen-bond acceptors (Lipinski definition) is 4. The molecule has 2 aromatic carbocycles. The average molecular weight is 319 g/mol. The number of ketones is 1. The molecule has 0 aliphatic carbocycles. The van der Waals surface area contributed by atoms with Gasteiger partial charge in [-0.2, -0.15) is 0 Å². The largest absolute Gasteiger partial charge is 0.497 e. The molecule has 1 atom stereocenters. The van der Waals surface area contributed by atoms with Crippen molar-refractivity contribution in [1.29, 1.82) is 0 Å². The Labute approximate surface area is 133 Å². The van der Waals surface area contributed by atoms with Gasteiger partial charge in [-0.15, -0.1) is 11.6 Å². The number of halogens is 1. The van der Waals surface area contributed by atoms with Gasteiger partial charge in [0.1, 0.15) is 12.4 Å². The number of carbonyl (C=O) groups excluding carboxylic acids is 2. The van der Waals surface area contributed by atoms with Crippen molar-refractivity contribution < 1.29 is 19.1 Å². The van der Waals surface area contributed by atoms with E-state index in [1.165, 1.54) is 7.11 Å². The fourth-order valence-electron chi connectivity index (χ4n) is 1.81. The molecule has 114 valence electrons. The minimum atomic E-state index is -1.36. The summed E-state index contributed by atoms with van der Waals surface area (Å²) < 4.78 is 10.1. The van der Waals surface area contributed by atoms with E-state index < -0.39 is 17.1 Å². The van der Waals surface area contributed by atoms with E-state index in [9.17, 15) is 9.59 Å². The molecule has 0 heterocycles. The molecule has 22 heavy (non-hydrogen) atoms. The molecular formula is C17H15ClO4. The number of ether oxygens (including phenoxy) is 2. The molecule has 0 aliphatic heterocycles. The second-order valence-electron chi connectivity index (χ2n) is 4.55. The lowest BCUT2D eigenvalue weighted by molar-refractivity contribution is -0.143. The second kappa shape index (κ2) is 7.61. The van der Waals surface area contributed by atoms with Gasteiger partial charge in [0.2, 0.25) is 0 Å². The lowest BCUT2D eigenvalue weighted by atomic mass is 10.1. The van der Waals surface area contributed by atoms with E-state index in [-0.39, 0.29) is 6.61 Å². The number of carbonyl (C=O) groups is 2. The third kappa shape index (κ3) is 4.09. The molecule has 1 unspecified atom stereocenters. The number of methoxy groups -OCH3 is 1. The molecule has 0 aliphatic rings. The van der Waals surface area contributed by atoms with Gasteiger partial charge in [-0.1, -0.05) is 30.3 Å². The maximum atomic E-state index is 12.1. The van der Waals surface area contributed by atoms with E-state index >= 15 is 0 Å². The van der Waals surface area contributed by atoms with E-state index in [0.29, 0.717) is 11.3 Å². The van der Waals surface area contributed by atoms with Gasteiger partial charge >= 0.3 is 5.97 Å². The fraction of sp³-hybridized carbons (Fsp3) is 0.176. The minimum Gasteiger partial charge on any atom is -0.497 e. The summed E-state index contributed by atoms with van der Waals surface area (Å²) in [5, 5.41) is -1.36. The molecule has 0 radical (unpaired) electrons. The van der Waals surface area contributed by atoms with Crippen LogP contribution in [0.25, 0.3) is 0 Å². The molecular weight excluding hydrogens is 304 g/mol. The molecule has 0 saturated carbocycles. The molecule has 0 aromatic heterocycles. The summed E-state index contributed by atoms with van der Waals surface area (Å²) in [6.07, 6.45) is 0. The highest BCUT2D eigenvalue weighted by Gasteiger charge is 2.26. The van der Waals surface area contributed by atoms with Crippen LogP contribution in [0.1, 0.15) is 15.9 Å². The van der Waals surface area contributed by atoms with Crippen LogP contribution < -0.4 is 4.74 Å². The average Bonchev–Trinajstić information content (AvgIpc) is 2.59. The number of esters is 1. The normalized spacial score (nSPS) is 11.5. The molecule has 0 spiro atoms. The van der Waals surface area contributed by atoms with Crippen molar-refractivity contribution >= 4 is 23.4 Å². The highest BCUT2D eigenvalue weighted by molar-refractivity contribution is 6.43. The third-order valence-electron chi connectivity index (χ3n) is 3.04. The van der Waals surface area contributed by atoms with Crippen LogP contribution >= 0.6 is 11.6 Å². The highest BCUT2D eigenvalue weighted by atomic mass is 35.5. The van der Waals surface area contributed by atoms with E-state index in [4.69, 9.17) is 21.1 Å². The van der Waals surface area contributed by atoms with E-state index in [0.717, 1.165) is 5.56 Å². The first-order valence-electron chi connectivity index (χ1n) is 6.64. The first-order valence-corrected chi connectivity index (χ1v) is 7.08. The molecule has 0 amide bonds. The number of alkyl halides is 1. The molecule has 0 bridgehead atoms. The molecule has 2 aromatic rings. The molecule has 2 rings (SSSR count). The van der Waals surface area contributed by atoms with Crippen molar-refractivity contribution in [3.05, 3.63) is 65.7 Å². The van der Waals surface area contributed by atoms with Crippen LogP contribution in [-0.4, -0.2) is 24.2 Å². The Morgan fingerprint density at radius 2 is 1.68 bits per heavy atom. The van der Waals surface area contributed by atoms with Crippen molar-refractivity contribution in [2.24, 2.45) is 0 Å². The number of rotatable bonds is 6. The molecule has 5 heteroatoms. The van der Waals surface area contributed by atoms with Crippen LogP contribution in [0.5, 0.6) is 5.75 Å². The Bertz CT molecular complexity index is 637. The maximum Gasteiger partial charge on any atom is 0.332 e. The van der Waals surface area contributed by atoms with E-state index in [1.54, 1.807) is 24.3 Å². The monoisotopic (exact) mass is 318 g/mol. The standard InChI is InChI=1S/C17H15ClO4/c1-21-14-9-7-13(8-10-14)16(19)15(18)17(20)22-11-12-5-3-2-4-6-12/h2-10,15H,11H2,1H3. The lowest BCUT2D eigenvalue weighted by Crippen LogP contribution is -2.26. The van der Waals surface area contributed by atoms with Crippen molar-refractivity contribution in [3.63, 3.8) is 0 Å². The van der Waals surface area contributed by atoms with Gasteiger partial charge in [-0.25, -0.2) is 4.79 Å². The zero-order chi connectivity index (χ0) is 15.9. The number of benzene rings is 2. The predicted molar refractivity (Wildman–Crippen MR) is 83.2 cm³/mol. The topological polar surface area (TPSA) is 52.6 Å². The molecule has 0 N–H and O–H groups in total. The van der Waals surface area contributed by atoms with Crippen molar-refractivity contribution in [3.8, 4) is 5.75 Å². The van der Waals surface area contributed by atoms with Gasteiger partial charge in [-0.05, 0) is 29.8 Å². The van der Waals surface area contributed by atoms with Crippen LogP contribution in [0.15, 0.2) is 54.6 Å². The van der Waals surface area contributed by atoms with Crippen LogP contribution in [0.3, 0.4) is 0 Å². The van der Waals surface area contributed by atoms with E-state index in [2.05, 4.69) is 0 Å². The smallest absolute Gasteiger partial charge is 0.332 e. The Morgan fingerprint density at radius 3 is 2.27 bits per heavy atom. The summed E-state index contributed by atoms with van der Waals surface area (Å²) in [7, 11) is 1.53. The Morgan fingerprint density at radius 1 is 1.05 bits per heavy atom. The summed E-state index contributed by atoms with van der Waals surface area (Å²) in [5.41, 5.74) is 1.16. The zero-order valence-electron chi connectivity index (χ0n) is 12.0. The molecule has 0 fully saturated rings. The van der Waals surface area contributed by atoms with Gasteiger partial charge in [-0.3, -0.25) is 4.79 Å². The Balaban J connectivity index is 1.95. The quantitative estimate of drug-likeness (QED) is 0.355. The summed E-state index contributed by atoms with van der Waals surface area (Å²) in [6.45, 7) is 0.0821. The lowest BCUT2D eigenvalue weighted by Gasteiger charge is -2.10. The maximum absolute atomic E-state index is 12.1. The van der Waals surface area contributed by atoms with Gasteiger partial charge in [0, 0.05) is 5.56 Å². The van der Waals surface area contributed by atoms with Crippen LogP contribution in [0.2, 0.25) is 0 Å². The first-order chi connectivity index (χ1) is 10.6. The van der Waals surface area contributed by atoms with E-state index in [1.807, 2.05) is 30.3 Å². The summed E-state index contributed by atoms with van der Waals surface area (Å²) in [6, 6.07) is 15.6. The first kappa shape index (κ1) is 16.0. The summed E-state index contributed by atoms with van der Waals surface area (Å²) in [4.78, 5) is 24.0. The van der Waals surface area contributed by atoms with Gasteiger partial charge in [0.25, 0.3) is 0 Å². The summed E-state index contributed by atoms with van der Waals surface area (Å²) in [5.74, 6) is -0.636. The number of hydrogen-bond donors (Lipinski definition) is 0. The van der Waals surface area contributed by atoms with Crippen molar-refractivity contribution in [2.75, 3.05) is 7.11 Å². The van der Waals surface area contributed by atoms with Gasteiger partial charge < -0.3 is 9.47 Å². The summed E-state index contributed by atoms with van der Waals surface area (Å²) >= 11 is 5.90. The van der Waals surface area contributed by atoms with Crippen LogP contribution in [-0.2, 0) is 16.1 Å². The predicted octanol–water partition coefficient (Wildman–Crippen LogP) is 3.23. The second-order valence-corrected chi connectivity index (χ2v) is 4.99. The van der Waals surface area contributed by atoms with Crippen molar-refractivity contribution in [1.82, 2.24) is 0 Å².